The number of hydrogen-bond acceptors (Lipinski definition) is 4. The molecule has 0 fully saturated rings. The van der Waals surface area contributed by atoms with Crippen molar-refractivity contribution < 1.29 is 4.79 Å². The van der Waals surface area contributed by atoms with E-state index < -0.39 is 0 Å². The van der Waals surface area contributed by atoms with Crippen molar-refractivity contribution in [3.63, 3.8) is 0 Å². The summed E-state index contributed by atoms with van der Waals surface area (Å²) in [7, 11) is 1.78. The second-order valence-corrected chi connectivity index (χ2v) is 5.70. The molecule has 2 rings (SSSR count). The molecule has 0 spiro atoms. The number of nitrogens with zero attached hydrogens (tertiary/aromatic N) is 4. The predicted molar refractivity (Wildman–Crippen MR) is 90.0 cm³/mol. The molecule has 0 aliphatic heterocycles. The van der Waals surface area contributed by atoms with Crippen molar-refractivity contribution in [3.8, 4) is 11.4 Å². The van der Waals surface area contributed by atoms with Gasteiger partial charge < -0.3 is 10.6 Å². The highest BCUT2D eigenvalue weighted by Crippen LogP contribution is 2.19. The van der Waals surface area contributed by atoms with Crippen molar-refractivity contribution in [3.05, 3.63) is 24.3 Å². The first-order valence-electron chi connectivity index (χ1n) is 8.00. The Hall–Kier alpha value is -2.44. The molecule has 2 N–H and O–H groups in total. The molecular formula is C16H24N6O. The molecule has 1 aromatic heterocycles. The average molecular weight is 316 g/mol. The van der Waals surface area contributed by atoms with E-state index in [-0.39, 0.29) is 12.1 Å². The molecule has 7 heteroatoms. The van der Waals surface area contributed by atoms with E-state index in [1.807, 2.05) is 31.2 Å². The van der Waals surface area contributed by atoms with E-state index in [0.29, 0.717) is 11.5 Å². The van der Waals surface area contributed by atoms with Crippen molar-refractivity contribution >= 4 is 11.7 Å². The second-order valence-electron chi connectivity index (χ2n) is 5.70. The highest BCUT2D eigenvalue weighted by atomic mass is 16.2. The smallest absolute Gasteiger partial charge is 0.319 e. The van der Waals surface area contributed by atoms with Gasteiger partial charge in [-0.25, -0.2) is 9.48 Å². The Labute approximate surface area is 136 Å². The number of carbonyl (C=O) groups excluding carboxylic acids is 1. The summed E-state index contributed by atoms with van der Waals surface area (Å²) in [6, 6.07) is 7.43. The van der Waals surface area contributed by atoms with Gasteiger partial charge in [-0.2, -0.15) is 0 Å². The molecule has 0 aliphatic carbocycles. The molecule has 0 saturated carbocycles. The third-order valence-electron chi connectivity index (χ3n) is 3.62. The summed E-state index contributed by atoms with van der Waals surface area (Å²) in [5.41, 5.74) is 1.56. The van der Waals surface area contributed by atoms with Crippen LogP contribution in [0, 0.1) is 0 Å². The fraction of sp³-hybridized carbons (Fsp3) is 0.500. The Morgan fingerprint density at radius 2 is 2.17 bits per heavy atom. The summed E-state index contributed by atoms with van der Waals surface area (Å²) < 4.78 is 1.59. The molecule has 0 radical (unpaired) electrons. The number of hydrogen-bond donors (Lipinski definition) is 2. The predicted octanol–water partition coefficient (Wildman–Crippen LogP) is 2.97. The van der Waals surface area contributed by atoms with Crippen LogP contribution in [0.1, 0.15) is 39.5 Å². The maximum Gasteiger partial charge on any atom is 0.319 e. The standard InChI is InChI=1S/C16H24N6O/c1-4-5-6-8-12(2)17-16(23)18-14-10-7-9-13(11-14)15-19-20-21-22(15)3/h7,9-12H,4-6,8H2,1-3H3,(H2,17,18,23). The summed E-state index contributed by atoms with van der Waals surface area (Å²) in [4.78, 5) is 12.1. The number of benzene rings is 1. The van der Waals surface area contributed by atoms with E-state index >= 15 is 0 Å². The number of rotatable bonds is 7. The number of anilines is 1. The summed E-state index contributed by atoms with van der Waals surface area (Å²) in [5.74, 6) is 0.655. The van der Waals surface area contributed by atoms with Crippen molar-refractivity contribution in [1.82, 2.24) is 25.5 Å². The van der Waals surface area contributed by atoms with Crippen molar-refractivity contribution in [2.45, 2.75) is 45.6 Å². The van der Waals surface area contributed by atoms with E-state index in [1.54, 1.807) is 11.7 Å². The highest BCUT2D eigenvalue weighted by Gasteiger charge is 2.09. The van der Waals surface area contributed by atoms with Gasteiger partial charge in [0.1, 0.15) is 0 Å². The molecule has 0 aliphatic rings. The van der Waals surface area contributed by atoms with Gasteiger partial charge in [0.15, 0.2) is 5.82 Å². The minimum Gasteiger partial charge on any atom is -0.335 e. The molecule has 1 heterocycles. The van der Waals surface area contributed by atoms with Gasteiger partial charge in [0.05, 0.1) is 0 Å². The lowest BCUT2D eigenvalue weighted by atomic mass is 10.1. The molecule has 1 atom stereocenters. The molecule has 2 amide bonds. The van der Waals surface area contributed by atoms with Gasteiger partial charge >= 0.3 is 6.03 Å². The Morgan fingerprint density at radius 1 is 1.35 bits per heavy atom. The Bertz CT molecular complexity index is 639. The highest BCUT2D eigenvalue weighted by molar-refractivity contribution is 5.90. The largest absolute Gasteiger partial charge is 0.335 e. The van der Waals surface area contributed by atoms with Crippen molar-refractivity contribution in [2.75, 3.05) is 5.32 Å². The zero-order valence-electron chi connectivity index (χ0n) is 13.9. The Morgan fingerprint density at radius 3 is 2.87 bits per heavy atom. The molecule has 124 valence electrons. The zero-order chi connectivity index (χ0) is 16.7. The molecule has 7 nitrogen and oxygen atoms in total. The van der Waals surface area contributed by atoms with Crippen LogP contribution >= 0.6 is 0 Å². The van der Waals surface area contributed by atoms with E-state index in [0.717, 1.165) is 18.4 Å². The first kappa shape index (κ1) is 16.9. The molecule has 0 saturated heterocycles. The van der Waals surface area contributed by atoms with Gasteiger partial charge in [-0.05, 0) is 35.9 Å². The molecular weight excluding hydrogens is 292 g/mol. The first-order chi connectivity index (χ1) is 11.1. The van der Waals surface area contributed by atoms with E-state index in [1.165, 1.54) is 12.8 Å². The quantitative estimate of drug-likeness (QED) is 0.769. The van der Waals surface area contributed by atoms with Crippen LogP contribution in [-0.2, 0) is 7.05 Å². The van der Waals surface area contributed by atoms with Crippen LogP contribution in [0.25, 0.3) is 11.4 Å². The van der Waals surface area contributed by atoms with Crippen LogP contribution in [0.2, 0.25) is 0 Å². The van der Waals surface area contributed by atoms with Crippen molar-refractivity contribution in [1.29, 1.82) is 0 Å². The number of aromatic nitrogens is 4. The lowest BCUT2D eigenvalue weighted by Crippen LogP contribution is -2.36. The minimum atomic E-state index is -0.192. The SMILES string of the molecule is CCCCCC(C)NC(=O)Nc1cccc(-c2nnnn2C)c1. The fourth-order valence-electron chi connectivity index (χ4n) is 2.37. The maximum atomic E-state index is 12.1. The lowest BCUT2D eigenvalue weighted by molar-refractivity contribution is 0.248. The van der Waals surface area contributed by atoms with Crippen LogP contribution in [0.15, 0.2) is 24.3 Å². The van der Waals surface area contributed by atoms with Crippen LogP contribution in [0.4, 0.5) is 10.5 Å². The van der Waals surface area contributed by atoms with Crippen molar-refractivity contribution in [2.24, 2.45) is 7.05 Å². The van der Waals surface area contributed by atoms with Gasteiger partial charge in [0.25, 0.3) is 0 Å². The third kappa shape index (κ3) is 5.05. The summed E-state index contributed by atoms with van der Waals surface area (Å²) in [6.07, 6.45) is 4.50. The lowest BCUT2D eigenvalue weighted by Gasteiger charge is -2.14. The topological polar surface area (TPSA) is 84.7 Å². The van der Waals surface area contributed by atoms with Gasteiger partial charge in [-0.1, -0.05) is 38.3 Å². The number of carbonyl (C=O) groups is 1. The van der Waals surface area contributed by atoms with Crippen LogP contribution < -0.4 is 10.6 Å². The minimum absolute atomic E-state index is 0.160. The number of tetrazole rings is 1. The molecule has 23 heavy (non-hydrogen) atoms. The molecule has 2 aromatic rings. The summed E-state index contributed by atoms with van der Waals surface area (Å²) in [6.45, 7) is 4.20. The van der Waals surface area contributed by atoms with Gasteiger partial charge in [0.2, 0.25) is 0 Å². The summed E-state index contributed by atoms with van der Waals surface area (Å²) in [5, 5.41) is 17.2. The summed E-state index contributed by atoms with van der Waals surface area (Å²) >= 11 is 0. The zero-order valence-corrected chi connectivity index (χ0v) is 13.9. The number of amides is 2. The van der Waals surface area contributed by atoms with Gasteiger partial charge in [-0.15, -0.1) is 5.10 Å². The normalized spacial score (nSPS) is 12.0. The average Bonchev–Trinajstić information content (AvgIpc) is 2.93. The third-order valence-corrected chi connectivity index (χ3v) is 3.62. The van der Waals surface area contributed by atoms with Crippen LogP contribution in [-0.4, -0.2) is 32.3 Å². The maximum absolute atomic E-state index is 12.1. The van der Waals surface area contributed by atoms with E-state index in [9.17, 15) is 4.79 Å². The number of nitrogens with one attached hydrogen (secondary N) is 2. The van der Waals surface area contributed by atoms with Gasteiger partial charge in [0, 0.05) is 24.3 Å². The number of aryl methyl sites for hydroxylation is 1. The van der Waals surface area contributed by atoms with Crippen LogP contribution in [0.5, 0.6) is 0 Å². The number of urea groups is 1. The second kappa shape index (κ2) is 8.26. The van der Waals surface area contributed by atoms with Gasteiger partial charge in [-0.3, -0.25) is 0 Å². The molecule has 1 aromatic carbocycles. The van der Waals surface area contributed by atoms with E-state index in [2.05, 4.69) is 33.1 Å². The number of unbranched alkanes of at least 4 members (excludes halogenated alkanes) is 2. The first-order valence-corrected chi connectivity index (χ1v) is 8.00. The monoisotopic (exact) mass is 316 g/mol. The Kier molecular flexibility index (Phi) is 6.08. The molecule has 0 bridgehead atoms. The molecule has 1 unspecified atom stereocenters. The van der Waals surface area contributed by atoms with Crippen LogP contribution in [0.3, 0.4) is 0 Å². The Balaban J connectivity index is 1.93. The van der Waals surface area contributed by atoms with E-state index in [4.69, 9.17) is 0 Å². The fourth-order valence-corrected chi connectivity index (χ4v) is 2.37.